The molecule has 0 heterocycles. The highest BCUT2D eigenvalue weighted by Gasteiger charge is 2.12. The molecule has 0 aliphatic carbocycles. The minimum absolute atomic E-state index is 0.169. The van der Waals surface area contributed by atoms with Gasteiger partial charge >= 0.3 is 0 Å². The summed E-state index contributed by atoms with van der Waals surface area (Å²) in [4.78, 5) is 0.169. The van der Waals surface area contributed by atoms with Crippen LogP contribution in [0.25, 0.3) is 0 Å². The van der Waals surface area contributed by atoms with E-state index < -0.39 is 21.5 Å². The van der Waals surface area contributed by atoms with Crippen LogP contribution < -0.4 is 5.32 Å². The first kappa shape index (κ1) is 14.5. The SMILES string of the molecule is CS(=O)(=O)c1ccccc1NCc1ccc(F)c(F)c1. The molecule has 2 aromatic carbocycles. The molecule has 0 aromatic heterocycles. The molecule has 0 amide bonds. The zero-order chi connectivity index (χ0) is 14.8. The van der Waals surface area contributed by atoms with Crippen molar-refractivity contribution in [2.45, 2.75) is 11.4 Å². The molecule has 0 saturated carbocycles. The molecule has 20 heavy (non-hydrogen) atoms. The largest absolute Gasteiger partial charge is 0.380 e. The van der Waals surface area contributed by atoms with Gasteiger partial charge in [0.2, 0.25) is 0 Å². The number of hydrogen-bond acceptors (Lipinski definition) is 3. The maximum atomic E-state index is 13.1. The molecule has 0 aliphatic heterocycles. The van der Waals surface area contributed by atoms with E-state index in [0.717, 1.165) is 18.4 Å². The van der Waals surface area contributed by atoms with Crippen molar-refractivity contribution in [1.29, 1.82) is 0 Å². The molecule has 0 saturated heterocycles. The Labute approximate surface area is 116 Å². The number of para-hydroxylation sites is 1. The second kappa shape index (κ2) is 5.58. The molecule has 2 rings (SSSR count). The van der Waals surface area contributed by atoms with Gasteiger partial charge in [-0.25, -0.2) is 17.2 Å². The molecule has 6 heteroatoms. The van der Waals surface area contributed by atoms with Gasteiger partial charge in [0.25, 0.3) is 0 Å². The van der Waals surface area contributed by atoms with Crippen LogP contribution in [0.3, 0.4) is 0 Å². The van der Waals surface area contributed by atoms with Crippen molar-refractivity contribution >= 4 is 15.5 Å². The standard InChI is InChI=1S/C14H13F2NO2S/c1-20(18,19)14-5-3-2-4-13(14)17-9-10-6-7-11(15)12(16)8-10/h2-8,17H,9H2,1H3. The summed E-state index contributed by atoms with van der Waals surface area (Å²) in [5.41, 5.74) is 0.951. The summed E-state index contributed by atoms with van der Waals surface area (Å²) < 4.78 is 49.1. The van der Waals surface area contributed by atoms with Crippen LogP contribution in [0.5, 0.6) is 0 Å². The van der Waals surface area contributed by atoms with Crippen molar-refractivity contribution in [3.8, 4) is 0 Å². The van der Waals surface area contributed by atoms with Crippen molar-refractivity contribution < 1.29 is 17.2 Å². The minimum atomic E-state index is -3.35. The molecule has 0 atom stereocenters. The topological polar surface area (TPSA) is 46.2 Å². The Morgan fingerprint density at radius 3 is 2.40 bits per heavy atom. The smallest absolute Gasteiger partial charge is 0.177 e. The van der Waals surface area contributed by atoms with Crippen molar-refractivity contribution in [2.75, 3.05) is 11.6 Å². The van der Waals surface area contributed by atoms with Gasteiger partial charge in [-0.15, -0.1) is 0 Å². The van der Waals surface area contributed by atoms with Gasteiger partial charge in [-0.1, -0.05) is 18.2 Å². The van der Waals surface area contributed by atoms with Crippen molar-refractivity contribution in [1.82, 2.24) is 0 Å². The summed E-state index contributed by atoms with van der Waals surface area (Å²) in [6, 6.07) is 9.98. The molecule has 0 fully saturated rings. The first-order valence-electron chi connectivity index (χ1n) is 5.85. The molecular weight excluding hydrogens is 284 g/mol. The van der Waals surface area contributed by atoms with E-state index >= 15 is 0 Å². The normalized spacial score (nSPS) is 11.3. The van der Waals surface area contributed by atoms with Gasteiger partial charge < -0.3 is 5.32 Å². The highest BCUT2D eigenvalue weighted by Crippen LogP contribution is 2.21. The van der Waals surface area contributed by atoms with Gasteiger partial charge in [-0.05, 0) is 29.8 Å². The summed E-state index contributed by atoms with van der Waals surface area (Å²) >= 11 is 0. The van der Waals surface area contributed by atoms with E-state index in [1.54, 1.807) is 18.2 Å². The lowest BCUT2D eigenvalue weighted by atomic mass is 10.2. The maximum absolute atomic E-state index is 13.1. The lowest BCUT2D eigenvalue weighted by Crippen LogP contribution is -2.06. The average molecular weight is 297 g/mol. The Morgan fingerprint density at radius 2 is 1.75 bits per heavy atom. The average Bonchev–Trinajstić information content (AvgIpc) is 2.39. The Morgan fingerprint density at radius 1 is 1.05 bits per heavy atom. The first-order chi connectivity index (χ1) is 9.38. The van der Waals surface area contributed by atoms with Crippen LogP contribution in [0.15, 0.2) is 47.4 Å². The maximum Gasteiger partial charge on any atom is 0.177 e. The highest BCUT2D eigenvalue weighted by atomic mass is 32.2. The predicted octanol–water partition coefficient (Wildman–Crippen LogP) is 2.98. The van der Waals surface area contributed by atoms with E-state index in [0.29, 0.717) is 11.3 Å². The summed E-state index contributed by atoms with van der Waals surface area (Å²) in [5, 5.41) is 2.91. The fourth-order valence-corrected chi connectivity index (χ4v) is 2.65. The van der Waals surface area contributed by atoms with Gasteiger partial charge in [0.05, 0.1) is 10.6 Å². The van der Waals surface area contributed by atoms with E-state index in [9.17, 15) is 17.2 Å². The third-order valence-electron chi connectivity index (χ3n) is 2.75. The third kappa shape index (κ3) is 3.33. The number of anilines is 1. The van der Waals surface area contributed by atoms with Crippen LogP contribution in [0.1, 0.15) is 5.56 Å². The fourth-order valence-electron chi connectivity index (χ4n) is 1.78. The van der Waals surface area contributed by atoms with Gasteiger partial charge in [-0.3, -0.25) is 0 Å². The zero-order valence-electron chi connectivity index (χ0n) is 10.7. The van der Waals surface area contributed by atoms with Crippen LogP contribution in [-0.2, 0) is 16.4 Å². The van der Waals surface area contributed by atoms with E-state index in [1.807, 2.05) is 0 Å². The van der Waals surface area contributed by atoms with Gasteiger partial charge in [0, 0.05) is 12.8 Å². The molecule has 2 aromatic rings. The number of nitrogens with one attached hydrogen (secondary N) is 1. The number of sulfone groups is 1. The van der Waals surface area contributed by atoms with Crippen LogP contribution in [0, 0.1) is 11.6 Å². The fraction of sp³-hybridized carbons (Fsp3) is 0.143. The van der Waals surface area contributed by atoms with E-state index in [2.05, 4.69) is 5.32 Å². The molecule has 0 bridgehead atoms. The summed E-state index contributed by atoms with van der Waals surface area (Å²) in [6.07, 6.45) is 1.12. The Hall–Kier alpha value is -1.95. The lowest BCUT2D eigenvalue weighted by Gasteiger charge is -2.11. The van der Waals surface area contributed by atoms with Gasteiger partial charge in [0.1, 0.15) is 0 Å². The third-order valence-corrected chi connectivity index (χ3v) is 3.91. The zero-order valence-corrected chi connectivity index (χ0v) is 11.5. The summed E-state index contributed by atoms with van der Waals surface area (Å²) in [7, 11) is -3.35. The van der Waals surface area contributed by atoms with Gasteiger partial charge in [0.15, 0.2) is 21.5 Å². The monoisotopic (exact) mass is 297 g/mol. The summed E-state index contributed by atoms with van der Waals surface area (Å²) in [5.74, 6) is -1.84. The molecule has 0 spiro atoms. The van der Waals surface area contributed by atoms with Crippen LogP contribution >= 0.6 is 0 Å². The number of rotatable bonds is 4. The Kier molecular flexibility index (Phi) is 4.04. The molecule has 106 valence electrons. The molecular formula is C14H13F2NO2S. The molecule has 0 unspecified atom stereocenters. The van der Waals surface area contributed by atoms with E-state index in [-0.39, 0.29) is 11.4 Å². The van der Waals surface area contributed by atoms with Crippen molar-refractivity contribution in [3.63, 3.8) is 0 Å². The molecule has 0 radical (unpaired) electrons. The molecule has 1 N–H and O–H groups in total. The van der Waals surface area contributed by atoms with Crippen LogP contribution in [-0.4, -0.2) is 14.7 Å². The lowest BCUT2D eigenvalue weighted by molar-refractivity contribution is 0.507. The highest BCUT2D eigenvalue weighted by molar-refractivity contribution is 7.90. The number of benzene rings is 2. The minimum Gasteiger partial charge on any atom is -0.380 e. The van der Waals surface area contributed by atoms with Gasteiger partial charge in [-0.2, -0.15) is 0 Å². The second-order valence-corrected chi connectivity index (χ2v) is 6.35. The quantitative estimate of drug-likeness (QED) is 0.943. The number of hydrogen-bond donors (Lipinski definition) is 1. The van der Waals surface area contributed by atoms with E-state index in [4.69, 9.17) is 0 Å². The van der Waals surface area contributed by atoms with Crippen LogP contribution in [0.2, 0.25) is 0 Å². The summed E-state index contributed by atoms with van der Waals surface area (Å²) in [6.45, 7) is 0.198. The van der Waals surface area contributed by atoms with Crippen molar-refractivity contribution in [3.05, 3.63) is 59.7 Å². The first-order valence-corrected chi connectivity index (χ1v) is 7.74. The molecule has 0 aliphatic rings. The second-order valence-electron chi connectivity index (χ2n) is 4.37. The number of halogens is 2. The predicted molar refractivity (Wildman–Crippen MR) is 73.2 cm³/mol. The Balaban J connectivity index is 2.21. The Bertz CT molecular complexity index is 730. The van der Waals surface area contributed by atoms with E-state index in [1.165, 1.54) is 12.1 Å². The van der Waals surface area contributed by atoms with Crippen LogP contribution in [0.4, 0.5) is 14.5 Å². The van der Waals surface area contributed by atoms with Crippen molar-refractivity contribution in [2.24, 2.45) is 0 Å². The molecule has 3 nitrogen and oxygen atoms in total.